The molecule has 6 nitrogen and oxygen atoms in total. The molecule has 0 amide bonds. The summed E-state index contributed by atoms with van der Waals surface area (Å²) in [6.45, 7) is 41.0. The Morgan fingerprint density at radius 1 is 0.361 bits per heavy atom. The highest BCUT2D eigenvalue weighted by Crippen LogP contribution is 2.48. The van der Waals surface area contributed by atoms with Crippen LogP contribution in [0.2, 0.25) is 0 Å². The summed E-state index contributed by atoms with van der Waals surface area (Å²) in [5.74, 6) is 1.14. The summed E-state index contributed by atoms with van der Waals surface area (Å²) < 4.78 is 0. The zero-order chi connectivity index (χ0) is 53.3. The molecule has 2 atom stereocenters. The number of rotatable bonds is 4. The van der Waals surface area contributed by atoms with Gasteiger partial charge < -0.3 is 20.4 Å². The summed E-state index contributed by atoms with van der Waals surface area (Å²) in [6.07, 6.45) is 0. The van der Waals surface area contributed by atoms with Gasteiger partial charge in [0.05, 0.1) is 0 Å². The molecule has 4 N–H and O–H groups in total. The summed E-state index contributed by atoms with van der Waals surface area (Å²) >= 11 is 0. The minimum atomic E-state index is -0.592. The minimum Gasteiger partial charge on any atom is -0.507 e. The Labute approximate surface area is 433 Å². The topological polar surface area (TPSA) is 87.4 Å². The standard InChI is InChI=1S/C66H86N2O4/c1-41(43-25-21-19-22-26-43)67-37-45-29-49(33-53(57(45)69)61(3,4)5)65(15,16)51-31-47(59(71)55(35-51)63(9,10)11)39-68(42(2)44-27-23-20-24-28-44)40-48-32-52(36-56(60(48)72)64(12,13)14)66(17,18)50-30-46(38-67)58(70)54(34-50)62(6,7)8/h19-36,41-42,69-72H,37-40H2,1-18H3/t41-,42-/m0/s1. The van der Waals surface area contributed by atoms with Crippen molar-refractivity contribution in [3.05, 3.63) is 187 Å². The van der Waals surface area contributed by atoms with E-state index in [0.717, 1.165) is 77.9 Å². The number of hydrogen-bond acceptors (Lipinski definition) is 6. The first-order valence-electron chi connectivity index (χ1n) is 26.3. The second kappa shape index (κ2) is 19.4. The molecule has 7 rings (SSSR count). The number of aromatic hydroxyl groups is 4. The molecular weight excluding hydrogens is 885 g/mol. The van der Waals surface area contributed by atoms with Crippen LogP contribution in [0.4, 0.5) is 0 Å². The second-order valence-electron chi connectivity index (χ2n) is 26.4. The van der Waals surface area contributed by atoms with Gasteiger partial charge in [-0.1, -0.05) is 196 Å². The summed E-state index contributed by atoms with van der Waals surface area (Å²) in [7, 11) is 0. The Bertz CT molecular complexity index is 2570. The highest BCUT2D eigenvalue weighted by Gasteiger charge is 2.36. The molecule has 1 heterocycles. The maximum atomic E-state index is 12.6. The maximum Gasteiger partial charge on any atom is 0.123 e. The van der Waals surface area contributed by atoms with Crippen LogP contribution >= 0.6 is 0 Å². The van der Waals surface area contributed by atoms with Crippen LogP contribution in [-0.4, -0.2) is 30.2 Å². The average molecular weight is 971 g/mol. The molecule has 72 heavy (non-hydrogen) atoms. The molecule has 0 spiro atoms. The molecule has 0 radical (unpaired) electrons. The van der Waals surface area contributed by atoms with Gasteiger partial charge in [-0.25, -0.2) is 0 Å². The van der Waals surface area contributed by atoms with Crippen molar-refractivity contribution in [1.82, 2.24) is 9.80 Å². The van der Waals surface area contributed by atoms with Crippen LogP contribution in [0.15, 0.2) is 109 Å². The summed E-state index contributed by atoms with van der Waals surface area (Å²) in [4.78, 5) is 4.78. The van der Waals surface area contributed by atoms with Gasteiger partial charge in [-0.3, -0.25) is 9.80 Å². The Kier molecular flexibility index (Phi) is 14.6. The van der Waals surface area contributed by atoms with Crippen molar-refractivity contribution in [2.75, 3.05) is 0 Å². The van der Waals surface area contributed by atoms with Crippen LogP contribution in [0, 0.1) is 0 Å². The van der Waals surface area contributed by atoms with E-state index in [9.17, 15) is 20.4 Å². The third-order valence-electron chi connectivity index (χ3n) is 16.0. The third kappa shape index (κ3) is 10.9. The Morgan fingerprint density at radius 3 is 0.764 bits per heavy atom. The van der Waals surface area contributed by atoms with Gasteiger partial charge >= 0.3 is 0 Å². The molecule has 0 aliphatic carbocycles. The molecule has 0 unspecified atom stereocenters. The molecule has 0 saturated heterocycles. The lowest BCUT2D eigenvalue weighted by atomic mass is 9.72. The third-order valence-corrected chi connectivity index (χ3v) is 16.0. The molecule has 0 saturated carbocycles. The van der Waals surface area contributed by atoms with Crippen molar-refractivity contribution < 1.29 is 20.4 Å². The molecule has 1 aliphatic heterocycles. The van der Waals surface area contributed by atoms with Gasteiger partial charge in [0.15, 0.2) is 0 Å². The quantitative estimate of drug-likeness (QED) is 0.141. The second-order valence-corrected chi connectivity index (χ2v) is 26.4. The SMILES string of the molecule is C[C@@H](c1ccccc1)N1Cc2cc(cc(C(C)(C)C)c2O)C(C)(C)c2cc(c(O)c(C(C)(C)C)c2)CN([C@@H](C)c2ccccc2)Cc2cc(cc(C(C)(C)C)c2O)C(C)(C)c2cc(c(O)c(C(C)(C)C)c2)C1. The van der Waals surface area contributed by atoms with Crippen LogP contribution in [0.25, 0.3) is 0 Å². The monoisotopic (exact) mass is 971 g/mol. The number of phenolic OH excluding ortho intramolecular Hbond substituents is 4. The van der Waals surface area contributed by atoms with Crippen LogP contribution in [0.5, 0.6) is 23.0 Å². The minimum absolute atomic E-state index is 0.100. The number of hydrogen-bond donors (Lipinski definition) is 4. The highest BCUT2D eigenvalue weighted by atomic mass is 16.3. The van der Waals surface area contributed by atoms with Gasteiger partial charge in [-0.2, -0.15) is 0 Å². The van der Waals surface area contributed by atoms with Crippen molar-refractivity contribution in [2.45, 2.75) is 195 Å². The summed E-state index contributed by atoms with van der Waals surface area (Å²) in [5, 5.41) is 50.3. The predicted molar refractivity (Wildman–Crippen MR) is 300 cm³/mol. The first kappa shape index (κ1) is 54.2. The van der Waals surface area contributed by atoms with Crippen LogP contribution in [0.1, 0.15) is 215 Å². The van der Waals surface area contributed by atoms with Crippen molar-refractivity contribution in [3.8, 4) is 23.0 Å². The van der Waals surface area contributed by atoms with Crippen molar-refractivity contribution in [3.63, 3.8) is 0 Å². The van der Waals surface area contributed by atoms with Gasteiger partial charge in [0.2, 0.25) is 0 Å². The van der Waals surface area contributed by atoms with E-state index in [1.54, 1.807) is 0 Å². The van der Waals surface area contributed by atoms with E-state index >= 15 is 0 Å². The van der Waals surface area contributed by atoms with Crippen molar-refractivity contribution in [2.24, 2.45) is 0 Å². The molecule has 1 aliphatic rings. The summed E-state index contributed by atoms with van der Waals surface area (Å²) in [5.41, 5.74) is 10.5. The fraction of sp³-hybridized carbons (Fsp3) is 0.455. The first-order valence-corrected chi connectivity index (χ1v) is 26.3. The van der Waals surface area contributed by atoms with E-state index in [1.807, 2.05) is 12.1 Å². The normalized spacial score (nSPS) is 17.0. The van der Waals surface area contributed by atoms with E-state index in [1.165, 1.54) is 0 Å². The van der Waals surface area contributed by atoms with Crippen molar-refractivity contribution in [1.29, 1.82) is 0 Å². The van der Waals surface area contributed by atoms with Crippen molar-refractivity contribution >= 4 is 0 Å². The van der Waals surface area contributed by atoms with Crippen LogP contribution in [0.3, 0.4) is 0 Å². The van der Waals surface area contributed by atoms with Gasteiger partial charge in [0, 0.05) is 71.3 Å². The van der Waals surface area contributed by atoms with E-state index in [4.69, 9.17) is 0 Å². The maximum absolute atomic E-state index is 12.6. The molecule has 8 bridgehead atoms. The summed E-state index contributed by atoms with van der Waals surface area (Å²) in [6, 6.07) is 38.4. The van der Waals surface area contributed by atoms with E-state index in [-0.39, 0.29) is 35.1 Å². The molecule has 6 aromatic carbocycles. The van der Waals surface area contributed by atoms with E-state index in [0.29, 0.717) is 26.2 Å². The zero-order valence-corrected chi connectivity index (χ0v) is 47.1. The lowest BCUT2D eigenvalue weighted by molar-refractivity contribution is 0.187. The predicted octanol–water partition coefficient (Wildman–Crippen LogP) is 16.2. The lowest BCUT2D eigenvalue weighted by Gasteiger charge is -2.37. The van der Waals surface area contributed by atoms with E-state index < -0.39 is 32.5 Å². The zero-order valence-electron chi connectivity index (χ0n) is 47.1. The van der Waals surface area contributed by atoms with Crippen LogP contribution < -0.4 is 0 Å². The molecule has 6 aromatic rings. The number of benzene rings is 6. The van der Waals surface area contributed by atoms with Crippen LogP contribution in [-0.2, 0) is 58.7 Å². The van der Waals surface area contributed by atoms with Gasteiger partial charge in [0.25, 0.3) is 0 Å². The van der Waals surface area contributed by atoms with Gasteiger partial charge in [-0.15, -0.1) is 0 Å². The fourth-order valence-corrected chi connectivity index (χ4v) is 10.7. The molecule has 6 heteroatoms. The molecule has 0 aromatic heterocycles. The van der Waals surface area contributed by atoms with Gasteiger partial charge in [0.1, 0.15) is 23.0 Å². The lowest BCUT2D eigenvalue weighted by Crippen LogP contribution is -2.30. The van der Waals surface area contributed by atoms with Gasteiger partial charge in [-0.05, 0) is 115 Å². The Balaban J connectivity index is 1.61. The highest BCUT2D eigenvalue weighted by molar-refractivity contribution is 5.57. The smallest absolute Gasteiger partial charge is 0.123 e. The molecule has 384 valence electrons. The van der Waals surface area contributed by atoms with E-state index in [2.05, 4.69) is 231 Å². The molecule has 0 fully saturated rings. The number of nitrogens with zero attached hydrogens (tertiary/aromatic N) is 2. The number of phenols is 4. The Morgan fingerprint density at radius 2 is 0.569 bits per heavy atom. The molecular formula is C66H86N2O4. The first-order chi connectivity index (χ1) is 33.2. The Hall–Kier alpha value is -5.56. The largest absolute Gasteiger partial charge is 0.507 e. The fourth-order valence-electron chi connectivity index (χ4n) is 10.7. The number of fused-ring (bicyclic) bond motifs is 8. The average Bonchev–Trinajstić information content (AvgIpc) is 3.28.